The molecule has 0 bridgehead atoms. The van der Waals surface area contributed by atoms with Crippen molar-refractivity contribution in [3.05, 3.63) is 48.5 Å². The van der Waals surface area contributed by atoms with Gasteiger partial charge in [-0.25, -0.2) is 0 Å². The Morgan fingerprint density at radius 1 is 1.10 bits per heavy atom. The number of aromatic nitrogens is 1. The first kappa shape index (κ1) is 20.3. The number of benzene rings is 2. The predicted octanol–water partition coefficient (Wildman–Crippen LogP) is 4.08. The van der Waals surface area contributed by atoms with Crippen molar-refractivity contribution in [1.29, 1.82) is 0 Å². The van der Waals surface area contributed by atoms with Gasteiger partial charge in [-0.15, -0.1) is 10.2 Å². The molecule has 0 aliphatic carbocycles. The quantitative estimate of drug-likeness (QED) is 0.434. The van der Waals surface area contributed by atoms with E-state index in [2.05, 4.69) is 10.2 Å². The van der Waals surface area contributed by atoms with Crippen molar-refractivity contribution in [3.8, 4) is 17.4 Å². The Morgan fingerprint density at radius 2 is 1.83 bits per heavy atom. The van der Waals surface area contributed by atoms with E-state index in [1.807, 2.05) is 31.2 Å². The molecule has 0 unspecified atom stereocenters. The van der Waals surface area contributed by atoms with Gasteiger partial charge in [-0.2, -0.15) is 0 Å². The molecule has 8 nitrogen and oxygen atoms in total. The number of fused-ring (bicyclic) bond motifs is 1. The molecule has 152 valence electrons. The highest BCUT2D eigenvalue weighted by Crippen LogP contribution is 2.38. The van der Waals surface area contributed by atoms with Gasteiger partial charge in [0, 0.05) is 18.5 Å². The Morgan fingerprint density at radius 3 is 2.55 bits per heavy atom. The number of rotatable bonds is 9. The number of carbonyl (C=O) groups is 1. The van der Waals surface area contributed by atoms with Gasteiger partial charge in [0.2, 0.25) is 5.88 Å². The summed E-state index contributed by atoms with van der Waals surface area (Å²) in [6.45, 7) is 3.15. The summed E-state index contributed by atoms with van der Waals surface area (Å²) in [6, 6.07) is 14.2. The number of methoxy groups -OCH3 is 1. The van der Waals surface area contributed by atoms with Gasteiger partial charge in [-0.1, -0.05) is 18.2 Å². The minimum atomic E-state index is -0.564. The Kier molecular flexibility index (Phi) is 6.80. The van der Waals surface area contributed by atoms with Crippen LogP contribution in [-0.2, 0) is 16.1 Å². The summed E-state index contributed by atoms with van der Waals surface area (Å²) >= 11 is 0. The zero-order chi connectivity index (χ0) is 20.6. The topological polar surface area (TPSA) is 94.6 Å². The second kappa shape index (κ2) is 9.70. The van der Waals surface area contributed by atoms with Crippen molar-refractivity contribution in [2.45, 2.75) is 13.5 Å². The number of azo groups is 1. The summed E-state index contributed by atoms with van der Waals surface area (Å²) in [5.74, 6) is 0.592. The lowest BCUT2D eigenvalue weighted by Gasteiger charge is -2.06. The molecule has 0 fully saturated rings. The highest BCUT2D eigenvalue weighted by Gasteiger charge is 2.16. The van der Waals surface area contributed by atoms with Crippen molar-refractivity contribution < 1.29 is 24.1 Å². The van der Waals surface area contributed by atoms with E-state index < -0.39 is 5.91 Å². The molecular formula is C21H23N3O5. The van der Waals surface area contributed by atoms with Gasteiger partial charge >= 0.3 is 5.91 Å². The van der Waals surface area contributed by atoms with E-state index in [1.165, 1.54) is 0 Å². The van der Waals surface area contributed by atoms with E-state index >= 15 is 0 Å². The molecule has 1 aromatic heterocycles. The summed E-state index contributed by atoms with van der Waals surface area (Å²) in [5.41, 5.74) is 1.04. The Balaban J connectivity index is 1.71. The Bertz CT molecular complexity index is 995. The van der Waals surface area contributed by atoms with Crippen LogP contribution >= 0.6 is 0 Å². The lowest BCUT2D eigenvalue weighted by Crippen LogP contribution is -2.07. The second-order valence-corrected chi connectivity index (χ2v) is 6.10. The molecule has 0 atom stereocenters. The third kappa shape index (κ3) is 4.91. The molecule has 0 aliphatic rings. The highest BCUT2D eigenvalue weighted by molar-refractivity contribution is 5.95. The number of amides is 1. The molecule has 3 aromatic rings. The lowest BCUT2D eigenvalue weighted by atomic mass is 10.2. The summed E-state index contributed by atoms with van der Waals surface area (Å²) in [5, 5.41) is 19.0. The van der Waals surface area contributed by atoms with Crippen LogP contribution in [0.25, 0.3) is 10.9 Å². The molecule has 1 N–H and O–H groups in total. The zero-order valence-corrected chi connectivity index (χ0v) is 16.4. The summed E-state index contributed by atoms with van der Waals surface area (Å²) in [4.78, 5) is 12.1. The number of aromatic hydroxyl groups is 1. The lowest BCUT2D eigenvalue weighted by molar-refractivity contribution is -0.120. The van der Waals surface area contributed by atoms with Gasteiger partial charge in [0.05, 0.1) is 19.2 Å². The van der Waals surface area contributed by atoms with Crippen LogP contribution in [0.15, 0.2) is 58.8 Å². The minimum Gasteiger partial charge on any atom is -0.497 e. The molecule has 1 heterocycles. The normalized spacial score (nSPS) is 11.2. The first-order valence-electron chi connectivity index (χ1n) is 9.23. The summed E-state index contributed by atoms with van der Waals surface area (Å²) < 4.78 is 17.5. The van der Waals surface area contributed by atoms with Crippen LogP contribution in [0, 0.1) is 0 Å². The fourth-order valence-electron chi connectivity index (χ4n) is 2.85. The van der Waals surface area contributed by atoms with Crippen LogP contribution in [0.1, 0.15) is 6.92 Å². The first-order valence-corrected chi connectivity index (χ1v) is 9.23. The molecule has 0 saturated heterocycles. The standard InChI is InChI=1S/C21H23N3O5/c1-3-28-13-12-24-18-7-5-4-6-17(18)20(21(24)26)23-22-19(25)14-29-16-10-8-15(27-2)9-11-16/h4-11,26H,3,12-14H2,1-2H3. The smallest absolute Gasteiger partial charge is 0.302 e. The van der Waals surface area contributed by atoms with E-state index in [9.17, 15) is 9.90 Å². The number of nitrogens with zero attached hydrogens (tertiary/aromatic N) is 3. The molecule has 8 heteroatoms. The third-order valence-electron chi connectivity index (χ3n) is 4.26. The van der Waals surface area contributed by atoms with Gasteiger partial charge in [0.15, 0.2) is 12.3 Å². The molecule has 2 aromatic carbocycles. The van der Waals surface area contributed by atoms with Gasteiger partial charge in [-0.05, 0) is 37.3 Å². The van der Waals surface area contributed by atoms with E-state index in [0.717, 1.165) is 5.52 Å². The highest BCUT2D eigenvalue weighted by atomic mass is 16.5. The SMILES string of the molecule is CCOCCn1c(O)c(N=NC(=O)COc2ccc(OC)cc2)c2ccccc21. The van der Waals surface area contributed by atoms with Crippen molar-refractivity contribution in [2.24, 2.45) is 10.2 Å². The Hall–Kier alpha value is -3.39. The maximum absolute atomic E-state index is 12.1. The second-order valence-electron chi connectivity index (χ2n) is 6.10. The molecule has 1 amide bonds. The molecular weight excluding hydrogens is 374 g/mol. The Labute approximate surface area is 168 Å². The fraction of sp³-hybridized carbons (Fsp3) is 0.286. The fourth-order valence-corrected chi connectivity index (χ4v) is 2.85. The molecule has 0 aliphatic heterocycles. The maximum Gasteiger partial charge on any atom is 0.302 e. The number of hydrogen-bond donors (Lipinski definition) is 1. The summed E-state index contributed by atoms with van der Waals surface area (Å²) in [7, 11) is 1.57. The van der Waals surface area contributed by atoms with Crippen LogP contribution < -0.4 is 9.47 Å². The third-order valence-corrected chi connectivity index (χ3v) is 4.26. The molecule has 3 rings (SSSR count). The summed E-state index contributed by atoms with van der Waals surface area (Å²) in [6.07, 6.45) is 0. The van der Waals surface area contributed by atoms with Crippen LogP contribution in [0.2, 0.25) is 0 Å². The predicted molar refractivity (Wildman–Crippen MR) is 108 cm³/mol. The van der Waals surface area contributed by atoms with Gasteiger partial charge in [-0.3, -0.25) is 4.79 Å². The molecule has 0 saturated carbocycles. The average molecular weight is 397 g/mol. The van der Waals surface area contributed by atoms with Crippen molar-refractivity contribution in [2.75, 3.05) is 26.9 Å². The van der Waals surface area contributed by atoms with Gasteiger partial charge < -0.3 is 23.9 Å². The molecule has 0 spiro atoms. The van der Waals surface area contributed by atoms with Crippen LogP contribution in [0.5, 0.6) is 17.4 Å². The van der Waals surface area contributed by atoms with E-state index in [4.69, 9.17) is 14.2 Å². The maximum atomic E-state index is 12.1. The first-order chi connectivity index (χ1) is 14.1. The zero-order valence-electron chi connectivity index (χ0n) is 16.4. The number of carbonyl (C=O) groups excluding carboxylic acids is 1. The average Bonchev–Trinajstić information content (AvgIpc) is 3.02. The minimum absolute atomic E-state index is 0.0569. The van der Waals surface area contributed by atoms with E-state index in [0.29, 0.717) is 36.6 Å². The van der Waals surface area contributed by atoms with Crippen molar-refractivity contribution in [1.82, 2.24) is 4.57 Å². The monoisotopic (exact) mass is 397 g/mol. The van der Waals surface area contributed by atoms with Crippen molar-refractivity contribution >= 4 is 22.5 Å². The van der Waals surface area contributed by atoms with Crippen LogP contribution in [0.3, 0.4) is 0 Å². The van der Waals surface area contributed by atoms with Crippen molar-refractivity contribution in [3.63, 3.8) is 0 Å². The largest absolute Gasteiger partial charge is 0.497 e. The van der Waals surface area contributed by atoms with E-state index in [1.54, 1.807) is 35.9 Å². The number of para-hydroxylation sites is 1. The van der Waals surface area contributed by atoms with Gasteiger partial charge in [0.1, 0.15) is 11.5 Å². The number of ether oxygens (including phenoxy) is 3. The van der Waals surface area contributed by atoms with E-state index in [-0.39, 0.29) is 18.2 Å². The molecule has 0 radical (unpaired) electrons. The molecule has 29 heavy (non-hydrogen) atoms. The number of hydrogen-bond acceptors (Lipinski definition) is 6. The van der Waals surface area contributed by atoms with Gasteiger partial charge in [0.25, 0.3) is 0 Å². The van der Waals surface area contributed by atoms with Crippen LogP contribution in [-0.4, -0.2) is 42.5 Å². The van der Waals surface area contributed by atoms with Crippen LogP contribution in [0.4, 0.5) is 5.69 Å².